The lowest BCUT2D eigenvalue weighted by atomic mass is 9.96. The normalized spacial score (nSPS) is 19.5. The maximum Gasteiger partial charge on any atom is 0.157 e. The number of hydrogen-bond donors (Lipinski definition) is 5. The zero-order valence-electron chi connectivity index (χ0n) is 12.8. The fourth-order valence-corrected chi connectivity index (χ4v) is 3.97. The molecule has 0 aliphatic carbocycles. The van der Waals surface area contributed by atoms with E-state index in [-0.39, 0.29) is 34.4 Å². The molecular formula is C17H19NO5S. The molecule has 0 saturated heterocycles. The van der Waals surface area contributed by atoms with E-state index in [1.54, 1.807) is 17.8 Å². The van der Waals surface area contributed by atoms with Crippen LogP contribution in [0.3, 0.4) is 0 Å². The molecule has 0 saturated carbocycles. The molecule has 0 fully saturated rings. The molecule has 1 unspecified atom stereocenters. The van der Waals surface area contributed by atoms with Gasteiger partial charge in [-0.3, -0.25) is 0 Å². The molecule has 3 rings (SSSR count). The summed E-state index contributed by atoms with van der Waals surface area (Å²) in [5.41, 5.74) is 6.94. The van der Waals surface area contributed by atoms with Crippen molar-refractivity contribution in [3.05, 3.63) is 41.5 Å². The molecule has 2 aromatic carbocycles. The first-order valence-electron chi connectivity index (χ1n) is 7.55. The highest BCUT2D eigenvalue weighted by atomic mass is 32.2. The summed E-state index contributed by atoms with van der Waals surface area (Å²) >= 11 is 1.61. The van der Waals surface area contributed by atoms with E-state index in [9.17, 15) is 20.4 Å². The molecule has 1 aliphatic rings. The summed E-state index contributed by atoms with van der Waals surface area (Å²) in [4.78, 5) is 0. The summed E-state index contributed by atoms with van der Waals surface area (Å²) in [6.45, 7) is 0.515. The molecule has 2 aromatic rings. The topological polar surface area (TPSA) is 116 Å². The van der Waals surface area contributed by atoms with E-state index in [2.05, 4.69) is 0 Å². The standard InChI is InChI=1S/C17H19NO5S/c18-3-4-24-16-8-14(9-1-2-11(20)12(21)5-9)23-15-7-10(19)6-13(22)17(15)16/h1-2,5-7,14,16,19-22H,3-4,8,18H2/t14-,16?/m0/s1. The molecular weight excluding hydrogens is 330 g/mol. The van der Waals surface area contributed by atoms with Gasteiger partial charge in [0.2, 0.25) is 0 Å². The SMILES string of the molecule is NCCSC1C[C@@H](c2ccc(O)c(O)c2)Oc2cc(O)cc(O)c21. The molecule has 1 aliphatic heterocycles. The summed E-state index contributed by atoms with van der Waals surface area (Å²) < 4.78 is 5.93. The smallest absolute Gasteiger partial charge is 0.157 e. The second-order valence-electron chi connectivity index (χ2n) is 5.62. The van der Waals surface area contributed by atoms with Gasteiger partial charge in [0.05, 0.1) is 0 Å². The van der Waals surface area contributed by atoms with E-state index in [0.717, 1.165) is 5.75 Å². The number of rotatable bonds is 4. The van der Waals surface area contributed by atoms with Gasteiger partial charge in [0.25, 0.3) is 0 Å². The molecule has 6 N–H and O–H groups in total. The second-order valence-corrected chi connectivity index (χ2v) is 6.93. The van der Waals surface area contributed by atoms with Crippen LogP contribution in [0.4, 0.5) is 0 Å². The predicted molar refractivity (Wildman–Crippen MR) is 91.8 cm³/mol. The van der Waals surface area contributed by atoms with Crippen LogP contribution in [0.15, 0.2) is 30.3 Å². The zero-order chi connectivity index (χ0) is 17.3. The fourth-order valence-electron chi connectivity index (χ4n) is 2.84. The minimum atomic E-state index is -0.375. The molecule has 128 valence electrons. The highest BCUT2D eigenvalue weighted by Gasteiger charge is 2.32. The van der Waals surface area contributed by atoms with Gasteiger partial charge in [-0.05, 0) is 17.7 Å². The Kier molecular flexibility index (Phi) is 4.64. The number of phenolic OH excluding ortho intramolecular Hbond substituents is 4. The third-order valence-corrected chi connectivity index (χ3v) is 5.23. The van der Waals surface area contributed by atoms with E-state index >= 15 is 0 Å². The summed E-state index contributed by atoms with van der Waals surface area (Å²) in [5.74, 6) is 0.629. The van der Waals surface area contributed by atoms with Gasteiger partial charge in [-0.25, -0.2) is 0 Å². The summed E-state index contributed by atoms with van der Waals surface area (Å²) in [6, 6.07) is 7.31. The lowest BCUT2D eigenvalue weighted by Gasteiger charge is -2.32. The van der Waals surface area contributed by atoms with E-state index < -0.39 is 0 Å². The van der Waals surface area contributed by atoms with Crippen LogP contribution in [0.25, 0.3) is 0 Å². The highest BCUT2D eigenvalue weighted by molar-refractivity contribution is 7.99. The third-order valence-electron chi connectivity index (χ3n) is 3.93. The molecule has 0 bridgehead atoms. The molecule has 24 heavy (non-hydrogen) atoms. The molecule has 0 amide bonds. The van der Waals surface area contributed by atoms with Crippen molar-refractivity contribution in [1.29, 1.82) is 0 Å². The van der Waals surface area contributed by atoms with Gasteiger partial charge in [-0.1, -0.05) is 6.07 Å². The van der Waals surface area contributed by atoms with Crippen LogP contribution < -0.4 is 10.5 Å². The van der Waals surface area contributed by atoms with Gasteiger partial charge in [0.1, 0.15) is 23.4 Å². The van der Waals surface area contributed by atoms with Crippen LogP contribution >= 0.6 is 11.8 Å². The number of fused-ring (bicyclic) bond motifs is 1. The molecule has 0 radical (unpaired) electrons. The van der Waals surface area contributed by atoms with Crippen LogP contribution in [0.5, 0.6) is 28.7 Å². The Balaban J connectivity index is 1.98. The lowest BCUT2D eigenvalue weighted by molar-refractivity contribution is 0.172. The van der Waals surface area contributed by atoms with Crippen molar-refractivity contribution in [3.63, 3.8) is 0 Å². The number of thioether (sulfide) groups is 1. The summed E-state index contributed by atoms with van der Waals surface area (Å²) in [5, 5.41) is 39.0. The second kappa shape index (κ2) is 6.70. The minimum Gasteiger partial charge on any atom is -0.508 e. The van der Waals surface area contributed by atoms with Crippen molar-refractivity contribution in [3.8, 4) is 28.7 Å². The van der Waals surface area contributed by atoms with Crippen molar-refractivity contribution in [2.24, 2.45) is 5.73 Å². The monoisotopic (exact) mass is 349 g/mol. The Labute approximate surface area is 143 Å². The van der Waals surface area contributed by atoms with Crippen LogP contribution in [-0.2, 0) is 0 Å². The van der Waals surface area contributed by atoms with E-state index in [4.69, 9.17) is 10.5 Å². The molecule has 1 heterocycles. The maximum absolute atomic E-state index is 10.2. The van der Waals surface area contributed by atoms with Crippen molar-refractivity contribution >= 4 is 11.8 Å². The van der Waals surface area contributed by atoms with Crippen molar-refractivity contribution < 1.29 is 25.2 Å². The van der Waals surface area contributed by atoms with Gasteiger partial charge in [-0.2, -0.15) is 11.8 Å². The van der Waals surface area contributed by atoms with Crippen LogP contribution in [0.1, 0.15) is 28.9 Å². The van der Waals surface area contributed by atoms with Gasteiger partial charge in [-0.15, -0.1) is 0 Å². The van der Waals surface area contributed by atoms with Crippen molar-refractivity contribution in [1.82, 2.24) is 0 Å². The van der Waals surface area contributed by atoms with E-state index in [0.29, 0.717) is 29.8 Å². The molecule has 0 spiro atoms. The summed E-state index contributed by atoms with van der Waals surface area (Å²) in [7, 11) is 0. The van der Waals surface area contributed by atoms with Crippen molar-refractivity contribution in [2.75, 3.05) is 12.3 Å². The first-order valence-corrected chi connectivity index (χ1v) is 8.60. The van der Waals surface area contributed by atoms with Crippen LogP contribution in [0.2, 0.25) is 0 Å². The third kappa shape index (κ3) is 3.18. The van der Waals surface area contributed by atoms with Crippen LogP contribution in [0, 0.1) is 0 Å². The van der Waals surface area contributed by atoms with Crippen molar-refractivity contribution in [2.45, 2.75) is 17.8 Å². The first-order chi connectivity index (χ1) is 11.5. The quantitative estimate of drug-likeness (QED) is 0.539. The van der Waals surface area contributed by atoms with Gasteiger partial charge >= 0.3 is 0 Å². The maximum atomic E-state index is 10.2. The Bertz CT molecular complexity index is 752. The Hall–Kier alpha value is -2.25. The molecule has 2 atom stereocenters. The molecule has 0 aromatic heterocycles. The summed E-state index contributed by atoms with van der Waals surface area (Å²) in [6.07, 6.45) is 0.195. The average molecular weight is 349 g/mol. The lowest BCUT2D eigenvalue weighted by Crippen LogP contribution is -2.19. The van der Waals surface area contributed by atoms with Gasteiger partial charge in [0, 0.05) is 41.7 Å². The Morgan fingerprint density at radius 3 is 2.54 bits per heavy atom. The highest BCUT2D eigenvalue weighted by Crippen LogP contribution is 2.52. The van der Waals surface area contributed by atoms with Gasteiger partial charge in [0.15, 0.2) is 11.5 Å². The number of aromatic hydroxyl groups is 4. The zero-order valence-corrected chi connectivity index (χ0v) is 13.7. The van der Waals surface area contributed by atoms with Crippen LogP contribution in [-0.4, -0.2) is 32.7 Å². The average Bonchev–Trinajstić information content (AvgIpc) is 2.54. The number of hydrogen-bond acceptors (Lipinski definition) is 7. The predicted octanol–water partition coefficient (Wildman–Crippen LogP) is 2.77. The number of benzene rings is 2. The number of ether oxygens (including phenoxy) is 1. The molecule has 7 heteroatoms. The molecule has 6 nitrogen and oxygen atoms in total. The fraction of sp³-hybridized carbons (Fsp3) is 0.294. The largest absolute Gasteiger partial charge is 0.508 e. The number of phenols is 4. The minimum absolute atomic E-state index is 0.00785. The van der Waals surface area contributed by atoms with E-state index in [1.165, 1.54) is 24.3 Å². The first kappa shape index (κ1) is 16.6. The number of nitrogens with two attached hydrogens (primary N) is 1. The Morgan fingerprint density at radius 1 is 1.04 bits per heavy atom. The Morgan fingerprint density at radius 2 is 1.83 bits per heavy atom. The van der Waals surface area contributed by atoms with E-state index in [1.807, 2.05) is 0 Å². The van der Waals surface area contributed by atoms with Gasteiger partial charge < -0.3 is 30.9 Å².